The molecule has 5 rings (SSSR count). The average molecular weight is 514 g/mol. The number of furan rings is 1. The molecule has 0 fully saturated rings. The van der Waals surface area contributed by atoms with E-state index in [1.807, 2.05) is 51.4 Å². The third kappa shape index (κ3) is 3.70. The van der Waals surface area contributed by atoms with Crippen molar-refractivity contribution in [1.29, 1.82) is 0 Å². The molecule has 0 aliphatic carbocycles. The first-order valence-corrected chi connectivity index (χ1v) is 10.5. The molecule has 5 aromatic rings. The summed E-state index contributed by atoms with van der Waals surface area (Å²) in [5.41, 5.74) is 6.10. The Hall–Kier alpha value is -2.56. The molecular weight excluding hydrogens is 499 g/mol. The predicted octanol–water partition coefficient (Wildman–Crippen LogP) is 6.23. The summed E-state index contributed by atoms with van der Waals surface area (Å²) in [6, 6.07) is 14.4. The van der Waals surface area contributed by atoms with E-state index < -0.39 is 0 Å². The second-order valence-electron chi connectivity index (χ2n) is 6.50. The first-order valence-electron chi connectivity index (χ1n) is 8.89. The maximum atomic E-state index is 5.21. The molecule has 144 valence electrons. The van der Waals surface area contributed by atoms with Crippen LogP contribution < -0.4 is 5.32 Å². The SMILES string of the molecule is IOSn1cc(-c2ccc3ncc(NCc4ccoc4)cc3c2)c2cccnc21. The highest BCUT2D eigenvalue weighted by Gasteiger charge is 2.13. The van der Waals surface area contributed by atoms with E-state index in [0.717, 1.165) is 44.3 Å². The zero-order valence-corrected chi connectivity index (χ0v) is 18.1. The molecule has 0 aliphatic rings. The van der Waals surface area contributed by atoms with E-state index in [4.69, 9.17) is 6.93 Å². The van der Waals surface area contributed by atoms with Crippen LogP contribution in [0, 0.1) is 0 Å². The van der Waals surface area contributed by atoms with Crippen molar-refractivity contribution in [1.82, 2.24) is 13.9 Å². The highest BCUT2D eigenvalue weighted by atomic mass is 127. The quantitative estimate of drug-likeness (QED) is 0.214. The van der Waals surface area contributed by atoms with Crippen molar-refractivity contribution in [2.45, 2.75) is 6.54 Å². The van der Waals surface area contributed by atoms with Gasteiger partial charge in [-0.05, 0) is 42.0 Å². The van der Waals surface area contributed by atoms with Crippen LogP contribution in [0.4, 0.5) is 5.69 Å². The number of benzene rings is 1. The van der Waals surface area contributed by atoms with Crippen LogP contribution in [0.15, 0.2) is 78.0 Å². The van der Waals surface area contributed by atoms with E-state index in [1.165, 1.54) is 12.2 Å². The summed E-state index contributed by atoms with van der Waals surface area (Å²) >= 11 is 3.11. The minimum atomic E-state index is 0.691. The summed E-state index contributed by atoms with van der Waals surface area (Å²) in [7, 11) is 0. The summed E-state index contributed by atoms with van der Waals surface area (Å²) in [6.07, 6.45) is 9.11. The van der Waals surface area contributed by atoms with Crippen molar-refractivity contribution in [2.75, 3.05) is 5.32 Å². The van der Waals surface area contributed by atoms with Crippen LogP contribution in [0.1, 0.15) is 5.56 Å². The maximum Gasteiger partial charge on any atom is 0.152 e. The Bertz CT molecular complexity index is 1290. The van der Waals surface area contributed by atoms with Crippen molar-refractivity contribution in [2.24, 2.45) is 0 Å². The molecule has 4 aromatic heterocycles. The molecule has 0 atom stereocenters. The zero-order chi connectivity index (χ0) is 19.6. The summed E-state index contributed by atoms with van der Waals surface area (Å²) in [5, 5.41) is 5.54. The van der Waals surface area contributed by atoms with Crippen LogP contribution in [0.25, 0.3) is 33.1 Å². The Balaban J connectivity index is 1.53. The van der Waals surface area contributed by atoms with E-state index in [-0.39, 0.29) is 0 Å². The van der Waals surface area contributed by atoms with Crippen molar-refractivity contribution < 1.29 is 6.93 Å². The highest BCUT2D eigenvalue weighted by molar-refractivity contribution is 14.1. The number of fused-ring (bicyclic) bond motifs is 2. The topological polar surface area (TPSA) is 65.1 Å². The third-order valence-corrected chi connectivity index (χ3v) is 5.69. The molecule has 6 nitrogen and oxygen atoms in total. The second-order valence-corrected chi connectivity index (χ2v) is 8.24. The fourth-order valence-corrected chi connectivity index (χ4v) is 4.29. The number of rotatable bonds is 6. The summed E-state index contributed by atoms with van der Waals surface area (Å²) in [5.74, 6) is 0. The normalized spacial score (nSPS) is 11.3. The lowest BCUT2D eigenvalue weighted by molar-refractivity contribution is 0.564. The fourth-order valence-electron chi connectivity index (χ4n) is 3.34. The Kier molecular flexibility index (Phi) is 5.13. The van der Waals surface area contributed by atoms with Crippen LogP contribution in [0.2, 0.25) is 0 Å². The minimum Gasteiger partial charge on any atom is -0.472 e. The van der Waals surface area contributed by atoms with Crippen molar-refractivity contribution in [3.8, 4) is 11.1 Å². The fraction of sp³-hybridized carbons (Fsp3) is 0.0476. The van der Waals surface area contributed by atoms with Crippen LogP contribution in [0.3, 0.4) is 0 Å². The molecule has 8 heteroatoms. The van der Waals surface area contributed by atoms with Crippen LogP contribution in [-0.2, 0) is 9.06 Å². The first kappa shape index (κ1) is 18.5. The number of anilines is 1. The Morgan fingerprint density at radius 3 is 3.00 bits per heavy atom. The standard InChI is InChI=1S/C21H15IN4O2S/c22-28-29-26-12-19(18-2-1-6-23-21(18)26)15-3-4-20-16(8-15)9-17(11-25-20)24-10-14-5-7-27-13-14/h1-9,11-13,24H,10H2. The van der Waals surface area contributed by atoms with Gasteiger partial charge in [0, 0.05) is 40.8 Å². The largest absolute Gasteiger partial charge is 0.472 e. The third-order valence-electron chi connectivity index (χ3n) is 4.71. The monoisotopic (exact) mass is 514 g/mol. The molecule has 0 saturated carbocycles. The van der Waals surface area contributed by atoms with E-state index in [2.05, 4.69) is 45.7 Å². The number of pyridine rings is 2. The number of aromatic nitrogens is 3. The molecule has 0 spiro atoms. The van der Waals surface area contributed by atoms with Gasteiger partial charge in [-0.3, -0.25) is 8.96 Å². The predicted molar refractivity (Wildman–Crippen MR) is 125 cm³/mol. The van der Waals surface area contributed by atoms with Crippen LogP contribution in [-0.4, -0.2) is 13.9 Å². The van der Waals surface area contributed by atoms with Gasteiger partial charge in [-0.1, -0.05) is 6.07 Å². The lowest BCUT2D eigenvalue weighted by Crippen LogP contribution is -1.98. The minimum absolute atomic E-state index is 0.691. The van der Waals surface area contributed by atoms with Crippen molar-refractivity contribution >= 4 is 62.9 Å². The molecular formula is C21H15IN4O2S. The number of nitrogens with one attached hydrogen (secondary N) is 1. The van der Waals surface area contributed by atoms with Crippen molar-refractivity contribution in [3.05, 3.63) is 79.1 Å². The van der Waals surface area contributed by atoms with E-state index in [0.29, 0.717) is 6.54 Å². The van der Waals surface area contributed by atoms with Gasteiger partial charge in [0.1, 0.15) is 35.2 Å². The molecule has 29 heavy (non-hydrogen) atoms. The van der Waals surface area contributed by atoms with Gasteiger partial charge >= 0.3 is 0 Å². The summed E-state index contributed by atoms with van der Waals surface area (Å²) in [6.45, 7) is 0.691. The Labute approximate surface area is 185 Å². The maximum absolute atomic E-state index is 5.21. The van der Waals surface area contributed by atoms with Gasteiger partial charge in [-0.25, -0.2) is 7.50 Å². The molecule has 4 heterocycles. The molecule has 0 saturated heterocycles. The van der Waals surface area contributed by atoms with E-state index >= 15 is 0 Å². The number of nitrogens with zero attached hydrogens (tertiary/aromatic N) is 3. The smallest absolute Gasteiger partial charge is 0.152 e. The molecule has 1 aromatic carbocycles. The van der Waals surface area contributed by atoms with Crippen LogP contribution in [0.5, 0.6) is 0 Å². The van der Waals surface area contributed by atoms with Crippen LogP contribution >= 0.6 is 35.2 Å². The molecule has 0 aliphatic heterocycles. The summed E-state index contributed by atoms with van der Waals surface area (Å²) < 4.78 is 12.3. The van der Waals surface area contributed by atoms with Gasteiger partial charge in [-0.2, -0.15) is 0 Å². The van der Waals surface area contributed by atoms with Gasteiger partial charge in [0.05, 0.1) is 29.9 Å². The van der Waals surface area contributed by atoms with Gasteiger partial charge in [0.15, 0.2) is 5.65 Å². The molecule has 0 bridgehead atoms. The number of halogens is 1. The van der Waals surface area contributed by atoms with Gasteiger partial charge < -0.3 is 9.73 Å². The molecule has 0 unspecified atom stereocenters. The summed E-state index contributed by atoms with van der Waals surface area (Å²) in [4.78, 5) is 9.08. The number of hydrogen-bond donors (Lipinski definition) is 1. The van der Waals surface area contributed by atoms with E-state index in [1.54, 1.807) is 18.7 Å². The van der Waals surface area contributed by atoms with Gasteiger partial charge in [-0.15, -0.1) is 0 Å². The lowest BCUT2D eigenvalue weighted by Gasteiger charge is -2.07. The Morgan fingerprint density at radius 2 is 2.14 bits per heavy atom. The molecule has 0 amide bonds. The second kappa shape index (κ2) is 8.05. The average Bonchev–Trinajstić information content (AvgIpc) is 3.40. The molecule has 1 N–H and O–H groups in total. The Morgan fingerprint density at radius 1 is 1.17 bits per heavy atom. The lowest BCUT2D eigenvalue weighted by atomic mass is 10.0. The van der Waals surface area contributed by atoms with Gasteiger partial charge in [0.2, 0.25) is 0 Å². The highest BCUT2D eigenvalue weighted by Crippen LogP contribution is 2.34. The van der Waals surface area contributed by atoms with Crippen molar-refractivity contribution in [3.63, 3.8) is 0 Å². The van der Waals surface area contributed by atoms with Gasteiger partial charge in [0.25, 0.3) is 0 Å². The zero-order valence-electron chi connectivity index (χ0n) is 15.1. The first-order chi connectivity index (χ1) is 14.3. The molecule has 0 radical (unpaired) electrons. The van der Waals surface area contributed by atoms with E-state index in [9.17, 15) is 0 Å². The number of hydrogen-bond acceptors (Lipinski definition) is 6.